The summed E-state index contributed by atoms with van der Waals surface area (Å²) in [5.74, 6) is -2.50. The molecule has 3 aliphatic rings. The number of benzene rings is 2. The zero-order chi connectivity index (χ0) is 26.6. The van der Waals surface area contributed by atoms with E-state index in [0.717, 1.165) is 18.9 Å². The molecule has 37 heavy (non-hydrogen) atoms. The number of carboxylic acid groups (broad SMARTS) is 1. The largest absolute Gasteiger partial charge is 0.506 e. The fourth-order valence-electron chi connectivity index (χ4n) is 5.95. The van der Waals surface area contributed by atoms with Crippen LogP contribution in [0.4, 0.5) is 0 Å². The number of phenolic OH excluding ortho intramolecular Hbond substituents is 1. The molecule has 5 N–H and O–H groups in total. The summed E-state index contributed by atoms with van der Waals surface area (Å²) < 4.78 is 17.7. The summed E-state index contributed by atoms with van der Waals surface area (Å²) in [5.41, 5.74) is -1.04. The van der Waals surface area contributed by atoms with Crippen LogP contribution in [0.1, 0.15) is 58.9 Å². The van der Waals surface area contributed by atoms with Crippen LogP contribution in [0.2, 0.25) is 0 Å². The van der Waals surface area contributed by atoms with Crippen molar-refractivity contribution >= 4 is 22.5 Å². The zero-order valence-corrected chi connectivity index (χ0v) is 20.5. The van der Waals surface area contributed by atoms with Crippen molar-refractivity contribution in [3.63, 3.8) is 0 Å². The molecule has 0 radical (unpaired) electrons. The zero-order valence-electron chi connectivity index (χ0n) is 20.5. The third-order valence-electron chi connectivity index (χ3n) is 7.78. The molecule has 0 aromatic heterocycles. The number of fused-ring (bicyclic) bond motifs is 4. The first-order valence-corrected chi connectivity index (χ1v) is 12.3. The van der Waals surface area contributed by atoms with Gasteiger partial charge in [-0.2, -0.15) is 0 Å². The van der Waals surface area contributed by atoms with Gasteiger partial charge in [0.15, 0.2) is 11.9 Å². The summed E-state index contributed by atoms with van der Waals surface area (Å²) in [6.07, 6.45) is -0.926. The minimum absolute atomic E-state index is 0.0493. The minimum Gasteiger partial charge on any atom is -0.506 e. The lowest BCUT2D eigenvalue weighted by Gasteiger charge is -2.50. The van der Waals surface area contributed by atoms with Crippen LogP contribution in [0.25, 0.3) is 10.8 Å². The molecule has 2 aliphatic heterocycles. The number of aliphatic hydroxyl groups is 3. The molecular formula is C27H30O10. The Morgan fingerprint density at radius 2 is 1.89 bits per heavy atom. The van der Waals surface area contributed by atoms with Crippen molar-refractivity contribution in [2.24, 2.45) is 5.92 Å². The van der Waals surface area contributed by atoms with Gasteiger partial charge in [-0.1, -0.05) is 18.9 Å². The van der Waals surface area contributed by atoms with Crippen molar-refractivity contribution in [3.8, 4) is 11.5 Å². The number of aryl methyl sites for hydroxylation is 1. The second kappa shape index (κ2) is 9.29. The number of ketones is 1. The summed E-state index contributed by atoms with van der Waals surface area (Å²) in [6.45, 7) is 2.92. The first-order valence-electron chi connectivity index (χ1n) is 12.3. The van der Waals surface area contributed by atoms with Gasteiger partial charge in [0.2, 0.25) is 6.29 Å². The van der Waals surface area contributed by atoms with Gasteiger partial charge in [-0.25, -0.2) is 4.79 Å². The molecule has 1 saturated heterocycles. The van der Waals surface area contributed by atoms with E-state index in [1.807, 2.05) is 0 Å². The van der Waals surface area contributed by atoms with Gasteiger partial charge in [0.1, 0.15) is 35.4 Å². The van der Waals surface area contributed by atoms with E-state index in [9.17, 15) is 35.1 Å². The normalized spacial score (nSPS) is 33.1. The highest BCUT2D eigenvalue weighted by atomic mass is 16.7. The molecule has 0 spiro atoms. The lowest BCUT2D eigenvalue weighted by Crippen LogP contribution is -2.67. The number of carbonyl (C=O) groups is 2. The molecule has 1 saturated carbocycles. The second-order valence-electron chi connectivity index (χ2n) is 10.1. The maximum absolute atomic E-state index is 12.2. The molecule has 10 nitrogen and oxygen atoms in total. The smallest absolute Gasteiger partial charge is 0.335 e. The Morgan fingerprint density at radius 3 is 2.59 bits per heavy atom. The molecular weight excluding hydrogens is 484 g/mol. The fraction of sp³-hybridized carbons (Fsp3) is 0.481. The molecule has 0 unspecified atom stereocenters. The van der Waals surface area contributed by atoms with E-state index in [2.05, 4.69) is 0 Å². The summed E-state index contributed by atoms with van der Waals surface area (Å²) in [5, 5.41) is 54.5. The van der Waals surface area contributed by atoms with E-state index in [0.29, 0.717) is 23.8 Å². The average Bonchev–Trinajstić information content (AvgIpc) is 2.97. The number of hydrogen-bond donors (Lipinski definition) is 5. The Kier molecular flexibility index (Phi) is 6.39. The maximum atomic E-state index is 12.2. The SMILES string of the molecule is CC(=O)c1c(C)cc2cc(C(=O)O)cc(O[C@H]3O[C@H]4[C@H](OC=C[C@@H]5CCCC[C@]54O)[C@H](O)[C@H]3O)c2c1O. The third kappa shape index (κ3) is 4.14. The van der Waals surface area contributed by atoms with Gasteiger partial charge in [0.05, 0.1) is 22.8 Å². The number of hydrogen-bond acceptors (Lipinski definition) is 9. The molecule has 2 fully saturated rings. The van der Waals surface area contributed by atoms with Gasteiger partial charge >= 0.3 is 5.97 Å². The molecule has 7 atom stereocenters. The number of carboxylic acids is 1. The molecule has 0 amide bonds. The number of aromatic carboxylic acids is 1. The monoisotopic (exact) mass is 514 g/mol. The molecule has 1 aliphatic carbocycles. The van der Waals surface area contributed by atoms with E-state index in [4.69, 9.17) is 14.2 Å². The van der Waals surface area contributed by atoms with Crippen LogP contribution >= 0.6 is 0 Å². The number of phenols is 1. The van der Waals surface area contributed by atoms with Crippen molar-refractivity contribution in [1.29, 1.82) is 0 Å². The van der Waals surface area contributed by atoms with Gasteiger partial charge in [-0.15, -0.1) is 0 Å². The number of rotatable bonds is 4. The highest BCUT2D eigenvalue weighted by Crippen LogP contribution is 2.46. The van der Waals surface area contributed by atoms with Gasteiger partial charge in [-0.3, -0.25) is 4.79 Å². The lowest BCUT2D eigenvalue weighted by atomic mass is 9.70. The Balaban J connectivity index is 1.59. The van der Waals surface area contributed by atoms with Crippen molar-refractivity contribution in [1.82, 2.24) is 0 Å². The third-order valence-corrected chi connectivity index (χ3v) is 7.78. The molecule has 2 aromatic carbocycles. The molecule has 2 heterocycles. The number of aliphatic hydroxyl groups excluding tert-OH is 2. The number of carbonyl (C=O) groups excluding carboxylic acids is 1. The van der Waals surface area contributed by atoms with Crippen LogP contribution in [0, 0.1) is 12.8 Å². The fourth-order valence-corrected chi connectivity index (χ4v) is 5.95. The Bertz CT molecular complexity index is 1290. The van der Waals surface area contributed by atoms with Gasteiger partial charge in [0, 0.05) is 5.92 Å². The highest BCUT2D eigenvalue weighted by molar-refractivity contribution is 6.08. The van der Waals surface area contributed by atoms with Gasteiger partial charge < -0.3 is 39.7 Å². The Labute approximate surface area is 212 Å². The Morgan fingerprint density at radius 1 is 1.14 bits per heavy atom. The standard InChI is InChI=1S/C27H30O10/c1-12-9-14-10-15(25(32)33)11-17(19(14)20(29)18(12)13(2)28)36-26-22(31)21(30)23-24(37-26)27(34)7-4-3-5-16(27)6-8-35-23/h6,8-11,16,21-24,26,29-31,34H,3-5,7H2,1-2H3,(H,32,33)/t16-,21+,22+,23+,24-,26-,27-/m0/s1. The van der Waals surface area contributed by atoms with Crippen LogP contribution in [-0.4, -0.2) is 73.6 Å². The number of ether oxygens (including phenoxy) is 3. The first-order chi connectivity index (χ1) is 17.5. The maximum Gasteiger partial charge on any atom is 0.335 e. The highest BCUT2D eigenvalue weighted by Gasteiger charge is 2.58. The van der Waals surface area contributed by atoms with Crippen LogP contribution in [0.15, 0.2) is 30.5 Å². The summed E-state index contributed by atoms with van der Waals surface area (Å²) in [4.78, 5) is 24.0. The van der Waals surface area contributed by atoms with Gasteiger partial charge in [-0.05, 0) is 55.8 Å². The summed E-state index contributed by atoms with van der Waals surface area (Å²) in [7, 11) is 0. The van der Waals surface area contributed by atoms with Crippen molar-refractivity contribution in [3.05, 3.63) is 47.2 Å². The lowest BCUT2D eigenvalue weighted by molar-refractivity contribution is -0.310. The van der Waals surface area contributed by atoms with Crippen LogP contribution in [-0.2, 0) is 9.47 Å². The topological polar surface area (TPSA) is 163 Å². The van der Waals surface area contributed by atoms with E-state index in [1.165, 1.54) is 19.3 Å². The number of aromatic hydroxyl groups is 1. The quantitative estimate of drug-likeness (QED) is 0.383. The van der Waals surface area contributed by atoms with E-state index < -0.39 is 53.8 Å². The summed E-state index contributed by atoms with van der Waals surface area (Å²) in [6, 6.07) is 4.06. The van der Waals surface area contributed by atoms with Crippen molar-refractivity contribution in [2.75, 3.05) is 0 Å². The average molecular weight is 515 g/mol. The second-order valence-corrected chi connectivity index (χ2v) is 10.1. The summed E-state index contributed by atoms with van der Waals surface area (Å²) >= 11 is 0. The van der Waals surface area contributed by atoms with Gasteiger partial charge in [0.25, 0.3) is 0 Å². The van der Waals surface area contributed by atoms with Crippen LogP contribution < -0.4 is 4.74 Å². The van der Waals surface area contributed by atoms with Crippen molar-refractivity contribution < 1.29 is 49.3 Å². The van der Waals surface area contributed by atoms with E-state index in [1.54, 1.807) is 19.1 Å². The molecule has 10 heteroatoms. The number of Topliss-reactive ketones (excluding diaryl/α,β-unsaturated/α-hetero) is 1. The molecule has 198 valence electrons. The van der Waals surface area contributed by atoms with Crippen molar-refractivity contribution in [2.45, 2.75) is 75.8 Å². The van der Waals surface area contributed by atoms with Crippen LogP contribution in [0.5, 0.6) is 11.5 Å². The molecule has 5 rings (SSSR count). The van der Waals surface area contributed by atoms with E-state index in [-0.39, 0.29) is 28.2 Å². The minimum atomic E-state index is -1.64. The molecule has 0 bridgehead atoms. The molecule has 2 aromatic rings. The predicted molar refractivity (Wildman–Crippen MR) is 130 cm³/mol. The van der Waals surface area contributed by atoms with Crippen LogP contribution in [0.3, 0.4) is 0 Å². The first kappa shape index (κ1) is 25.5. The predicted octanol–water partition coefficient (Wildman–Crippen LogP) is 2.41. The van der Waals surface area contributed by atoms with E-state index >= 15 is 0 Å². The Hall–Kier alpha value is -3.18.